The number of halogens is 1. The van der Waals surface area contributed by atoms with E-state index in [0.717, 1.165) is 65.4 Å². The molecule has 1 aromatic heterocycles. The van der Waals surface area contributed by atoms with Gasteiger partial charge in [0.1, 0.15) is 0 Å². The van der Waals surface area contributed by atoms with Gasteiger partial charge in [0.2, 0.25) is 0 Å². The summed E-state index contributed by atoms with van der Waals surface area (Å²) < 4.78 is 0. The Balaban J connectivity index is 1.20. The van der Waals surface area contributed by atoms with Crippen LogP contribution in [-0.4, -0.2) is 29.5 Å². The van der Waals surface area contributed by atoms with E-state index in [1.807, 2.05) is 18.3 Å². The summed E-state index contributed by atoms with van der Waals surface area (Å²) in [7, 11) is 0. The van der Waals surface area contributed by atoms with Crippen molar-refractivity contribution in [2.24, 2.45) is 17.8 Å². The molecule has 0 saturated heterocycles. The highest BCUT2D eigenvalue weighted by molar-refractivity contribution is 6.31. The SMILES string of the molecule is Clc1ccc2c(NCCCN(Cc3ccccc3)C[C@@H]3C[C@H]4C=C[C@@H]3C4)ccnc2c1. The molecule has 3 aromatic rings. The van der Waals surface area contributed by atoms with E-state index >= 15 is 0 Å². The number of fused-ring (bicyclic) bond motifs is 3. The van der Waals surface area contributed by atoms with Gasteiger partial charge >= 0.3 is 0 Å². The zero-order valence-corrected chi connectivity index (χ0v) is 18.6. The first-order chi connectivity index (χ1) is 15.2. The third-order valence-electron chi connectivity index (χ3n) is 6.83. The smallest absolute Gasteiger partial charge is 0.0737 e. The van der Waals surface area contributed by atoms with Gasteiger partial charge in [0, 0.05) is 48.5 Å². The molecule has 0 radical (unpaired) electrons. The number of benzene rings is 2. The molecular formula is C27H30ClN3. The van der Waals surface area contributed by atoms with E-state index in [-0.39, 0.29) is 0 Å². The number of rotatable bonds is 9. The highest BCUT2D eigenvalue weighted by Crippen LogP contribution is 2.43. The number of pyridine rings is 1. The molecule has 160 valence electrons. The highest BCUT2D eigenvalue weighted by Gasteiger charge is 2.36. The van der Waals surface area contributed by atoms with Crippen LogP contribution in [0.3, 0.4) is 0 Å². The molecule has 0 unspecified atom stereocenters. The van der Waals surface area contributed by atoms with Gasteiger partial charge in [-0.3, -0.25) is 9.88 Å². The van der Waals surface area contributed by atoms with Gasteiger partial charge in [-0.2, -0.15) is 0 Å². The van der Waals surface area contributed by atoms with Crippen LogP contribution in [0.25, 0.3) is 10.9 Å². The van der Waals surface area contributed by atoms with Crippen molar-refractivity contribution in [3.05, 3.63) is 83.5 Å². The first-order valence-corrected chi connectivity index (χ1v) is 11.8. The minimum Gasteiger partial charge on any atom is -0.384 e. The van der Waals surface area contributed by atoms with E-state index < -0.39 is 0 Å². The Kier molecular flexibility index (Phi) is 6.24. The molecule has 1 fully saturated rings. The molecule has 1 N–H and O–H groups in total. The Morgan fingerprint density at radius 1 is 1.03 bits per heavy atom. The average molecular weight is 432 g/mol. The second-order valence-corrected chi connectivity index (χ2v) is 9.50. The predicted molar refractivity (Wildman–Crippen MR) is 130 cm³/mol. The molecule has 1 saturated carbocycles. The maximum atomic E-state index is 6.12. The normalized spacial score (nSPS) is 21.9. The third kappa shape index (κ3) is 4.94. The fraction of sp³-hybridized carbons (Fsp3) is 0.370. The number of allylic oxidation sites excluding steroid dienone is 2. The lowest BCUT2D eigenvalue weighted by atomic mass is 9.93. The molecule has 5 rings (SSSR count). The second-order valence-electron chi connectivity index (χ2n) is 9.06. The quantitative estimate of drug-likeness (QED) is 0.313. The minimum absolute atomic E-state index is 0.726. The number of anilines is 1. The van der Waals surface area contributed by atoms with Crippen molar-refractivity contribution in [2.45, 2.75) is 25.8 Å². The van der Waals surface area contributed by atoms with Gasteiger partial charge in [-0.25, -0.2) is 0 Å². The summed E-state index contributed by atoms with van der Waals surface area (Å²) in [6.45, 7) is 4.30. The van der Waals surface area contributed by atoms with E-state index in [9.17, 15) is 0 Å². The minimum atomic E-state index is 0.726. The fourth-order valence-electron chi connectivity index (χ4n) is 5.31. The molecule has 31 heavy (non-hydrogen) atoms. The summed E-state index contributed by atoms with van der Waals surface area (Å²) in [5.41, 5.74) is 3.48. The van der Waals surface area contributed by atoms with Crippen LogP contribution in [0.2, 0.25) is 5.02 Å². The van der Waals surface area contributed by atoms with E-state index in [1.54, 1.807) is 0 Å². The molecule has 2 aromatic carbocycles. The topological polar surface area (TPSA) is 28.2 Å². The lowest BCUT2D eigenvalue weighted by molar-refractivity contribution is 0.206. The van der Waals surface area contributed by atoms with Crippen molar-refractivity contribution < 1.29 is 0 Å². The van der Waals surface area contributed by atoms with E-state index in [2.05, 4.69) is 69.8 Å². The Morgan fingerprint density at radius 2 is 1.94 bits per heavy atom. The molecule has 0 amide bonds. The second kappa shape index (κ2) is 9.42. The third-order valence-corrected chi connectivity index (χ3v) is 7.06. The molecule has 4 heteroatoms. The van der Waals surface area contributed by atoms with Crippen molar-refractivity contribution in [1.82, 2.24) is 9.88 Å². The zero-order chi connectivity index (χ0) is 21.0. The summed E-state index contributed by atoms with van der Waals surface area (Å²) in [4.78, 5) is 7.11. The van der Waals surface area contributed by atoms with E-state index in [1.165, 1.54) is 24.9 Å². The lowest BCUT2D eigenvalue weighted by Crippen LogP contribution is -2.32. The summed E-state index contributed by atoms with van der Waals surface area (Å²) in [5, 5.41) is 5.48. The van der Waals surface area contributed by atoms with Crippen LogP contribution in [0.15, 0.2) is 72.9 Å². The van der Waals surface area contributed by atoms with Gasteiger partial charge in [0.15, 0.2) is 0 Å². The number of nitrogens with one attached hydrogen (secondary N) is 1. The lowest BCUT2D eigenvalue weighted by Gasteiger charge is -2.29. The van der Waals surface area contributed by atoms with Gasteiger partial charge in [-0.05, 0) is 66.8 Å². The zero-order valence-electron chi connectivity index (χ0n) is 17.9. The number of aromatic nitrogens is 1. The summed E-state index contributed by atoms with van der Waals surface area (Å²) in [6, 6.07) is 18.9. The highest BCUT2D eigenvalue weighted by atomic mass is 35.5. The van der Waals surface area contributed by atoms with Crippen LogP contribution in [0, 0.1) is 17.8 Å². The van der Waals surface area contributed by atoms with E-state index in [4.69, 9.17) is 11.6 Å². The number of hydrogen-bond acceptors (Lipinski definition) is 3. The predicted octanol–water partition coefficient (Wildman–Crippen LogP) is 6.40. The van der Waals surface area contributed by atoms with E-state index in [0.29, 0.717) is 0 Å². The molecule has 3 nitrogen and oxygen atoms in total. The van der Waals surface area contributed by atoms with Crippen LogP contribution in [-0.2, 0) is 6.54 Å². The standard InChI is InChI=1S/C27H30ClN3/c28-24-9-10-25-26(11-13-30-27(25)17-24)29-12-4-14-31(18-20-5-2-1-3-6-20)19-23-16-21-7-8-22(23)15-21/h1-3,5-11,13,17,21-23H,4,12,14-16,18-19H2,(H,29,30)/t21-,22+,23-/m0/s1. The van der Waals surface area contributed by atoms with Gasteiger partial charge in [0.05, 0.1) is 5.52 Å². The number of hydrogen-bond donors (Lipinski definition) is 1. The van der Waals surface area contributed by atoms with Crippen molar-refractivity contribution in [1.29, 1.82) is 0 Å². The van der Waals surface area contributed by atoms with Gasteiger partial charge in [-0.15, -0.1) is 0 Å². The maximum Gasteiger partial charge on any atom is 0.0737 e. The maximum absolute atomic E-state index is 6.12. The average Bonchev–Trinajstić information content (AvgIpc) is 3.40. The number of nitrogens with zero attached hydrogens (tertiary/aromatic N) is 2. The van der Waals surface area contributed by atoms with Crippen molar-refractivity contribution >= 4 is 28.2 Å². The van der Waals surface area contributed by atoms with Crippen LogP contribution in [0.4, 0.5) is 5.69 Å². The molecule has 3 atom stereocenters. The summed E-state index contributed by atoms with van der Waals surface area (Å²) >= 11 is 6.12. The first kappa shape index (κ1) is 20.5. The van der Waals surface area contributed by atoms with Crippen LogP contribution in [0.1, 0.15) is 24.8 Å². The van der Waals surface area contributed by atoms with Gasteiger partial charge < -0.3 is 5.32 Å². The molecule has 0 spiro atoms. The molecule has 0 aliphatic heterocycles. The Hall–Kier alpha value is -2.36. The Labute approximate surface area is 190 Å². The first-order valence-electron chi connectivity index (χ1n) is 11.5. The largest absolute Gasteiger partial charge is 0.384 e. The Bertz CT molecular complexity index is 1050. The van der Waals surface area contributed by atoms with Crippen molar-refractivity contribution in [3.8, 4) is 0 Å². The molecule has 2 aliphatic carbocycles. The van der Waals surface area contributed by atoms with Crippen molar-refractivity contribution in [2.75, 3.05) is 25.0 Å². The monoisotopic (exact) mass is 431 g/mol. The summed E-state index contributed by atoms with van der Waals surface area (Å²) in [5.74, 6) is 2.46. The Morgan fingerprint density at radius 3 is 2.74 bits per heavy atom. The van der Waals surface area contributed by atoms with Crippen LogP contribution < -0.4 is 5.32 Å². The summed E-state index contributed by atoms with van der Waals surface area (Å²) in [6.07, 6.45) is 10.6. The molecule has 1 heterocycles. The van der Waals surface area contributed by atoms with Gasteiger partial charge in [0.25, 0.3) is 0 Å². The molecule has 2 aliphatic rings. The van der Waals surface area contributed by atoms with Crippen LogP contribution in [0.5, 0.6) is 0 Å². The fourth-order valence-corrected chi connectivity index (χ4v) is 5.48. The van der Waals surface area contributed by atoms with Crippen LogP contribution >= 0.6 is 11.6 Å². The molecular weight excluding hydrogens is 402 g/mol. The van der Waals surface area contributed by atoms with Gasteiger partial charge in [-0.1, -0.05) is 54.1 Å². The molecule has 2 bridgehead atoms. The van der Waals surface area contributed by atoms with Crippen molar-refractivity contribution in [3.63, 3.8) is 0 Å².